The number of hydrogen-bond donors (Lipinski definition) is 1. The number of rotatable bonds is 6. The molecule has 1 aliphatic heterocycles. The summed E-state index contributed by atoms with van der Waals surface area (Å²) < 4.78 is 0. The average molecular weight is 411 g/mol. The molecular weight excluding hydrogens is 384 g/mol. The molecule has 2 amide bonds. The van der Waals surface area contributed by atoms with Crippen LogP contribution in [-0.2, 0) is 15.1 Å². The summed E-state index contributed by atoms with van der Waals surface area (Å²) in [6, 6.07) is 15.2. The molecule has 0 spiro atoms. The molecule has 5 heteroatoms. The van der Waals surface area contributed by atoms with Crippen molar-refractivity contribution in [3.8, 4) is 0 Å². The maximum Gasteiger partial charge on any atom is 0.223 e. The highest BCUT2D eigenvalue weighted by atomic mass is 35.5. The Morgan fingerprint density at radius 3 is 2.34 bits per heavy atom. The molecule has 4 nitrogen and oxygen atoms in total. The molecule has 2 aromatic rings. The van der Waals surface area contributed by atoms with Crippen molar-refractivity contribution in [2.45, 2.75) is 51.6 Å². The molecule has 0 saturated carbocycles. The number of amides is 2. The van der Waals surface area contributed by atoms with Gasteiger partial charge in [0.2, 0.25) is 11.8 Å². The van der Waals surface area contributed by atoms with Gasteiger partial charge in [-0.25, -0.2) is 0 Å². The van der Waals surface area contributed by atoms with Crippen LogP contribution < -0.4 is 5.32 Å². The van der Waals surface area contributed by atoms with E-state index in [0.29, 0.717) is 5.02 Å². The predicted molar refractivity (Wildman–Crippen MR) is 117 cm³/mol. The second-order valence-corrected chi connectivity index (χ2v) is 7.87. The van der Waals surface area contributed by atoms with Crippen LogP contribution in [0.3, 0.4) is 0 Å². The summed E-state index contributed by atoms with van der Waals surface area (Å²) in [5.41, 5.74) is 2.60. The minimum atomic E-state index is -0.466. The molecule has 0 fully saturated rings. The number of nitrogens with one attached hydrogen (secondary N) is 1. The zero-order valence-electron chi connectivity index (χ0n) is 17.1. The van der Waals surface area contributed by atoms with Gasteiger partial charge in [-0.3, -0.25) is 9.59 Å². The van der Waals surface area contributed by atoms with Gasteiger partial charge in [-0.05, 0) is 47.7 Å². The van der Waals surface area contributed by atoms with E-state index in [4.69, 9.17) is 11.6 Å². The normalized spacial score (nSPS) is 15.7. The van der Waals surface area contributed by atoms with Crippen molar-refractivity contribution in [1.29, 1.82) is 0 Å². The summed E-state index contributed by atoms with van der Waals surface area (Å²) in [6.45, 7) is 5.66. The first-order valence-electron chi connectivity index (χ1n) is 10.0. The van der Waals surface area contributed by atoms with Gasteiger partial charge < -0.3 is 10.2 Å². The lowest BCUT2D eigenvalue weighted by Crippen LogP contribution is -2.46. The molecule has 0 aliphatic carbocycles. The van der Waals surface area contributed by atoms with Crippen LogP contribution in [0.2, 0.25) is 5.02 Å². The van der Waals surface area contributed by atoms with E-state index in [1.54, 1.807) is 11.1 Å². The first kappa shape index (κ1) is 21.1. The van der Waals surface area contributed by atoms with Crippen LogP contribution in [0.1, 0.15) is 62.8 Å². The minimum absolute atomic E-state index is 0.0787. The lowest BCUT2D eigenvalue weighted by Gasteiger charge is -2.36. The van der Waals surface area contributed by atoms with Crippen molar-refractivity contribution in [3.63, 3.8) is 0 Å². The van der Waals surface area contributed by atoms with Crippen molar-refractivity contribution < 1.29 is 9.59 Å². The monoisotopic (exact) mass is 410 g/mol. The van der Waals surface area contributed by atoms with Gasteiger partial charge in [0, 0.05) is 18.1 Å². The highest BCUT2D eigenvalue weighted by Gasteiger charge is 2.33. The molecule has 0 aromatic heterocycles. The number of carbonyl (C=O) groups excluding carboxylic acids is 2. The Bertz CT molecular complexity index is 917. The Balaban J connectivity index is 1.86. The van der Waals surface area contributed by atoms with Gasteiger partial charge in [-0.2, -0.15) is 0 Å². The zero-order valence-corrected chi connectivity index (χ0v) is 17.9. The smallest absolute Gasteiger partial charge is 0.223 e. The lowest BCUT2D eigenvalue weighted by atomic mass is 9.84. The predicted octanol–water partition coefficient (Wildman–Crippen LogP) is 5.44. The summed E-state index contributed by atoms with van der Waals surface area (Å²) in [5.74, 6) is -0.159. The summed E-state index contributed by atoms with van der Waals surface area (Å²) in [7, 11) is 0. The molecule has 1 atom stereocenters. The van der Waals surface area contributed by atoms with E-state index >= 15 is 0 Å². The Morgan fingerprint density at radius 1 is 1.07 bits per heavy atom. The minimum Gasteiger partial charge on any atom is -0.347 e. The van der Waals surface area contributed by atoms with Gasteiger partial charge in [0.25, 0.3) is 0 Å². The first-order valence-corrected chi connectivity index (χ1v) is 10.4. The number of carbonyl (C=O) groups is 2. The molecule has 2 aromatic carbocycles. The topological polar surface area (TPSA) is 49.4 Å². The molecule has 29 heavy (non-hydrogen) atoms. The van der Waals surface area contributed by atoms with Gasteiger partial charge in [-0.15, -0.1) is 0 Å². The van der Waals surface area contributed by atoms with E-state index in [1.165, 1.54) is 6.92 Å². The first-order chi connectivity index (χ1) is 13.9. The van der Waals surface area contributed by atoms with E-state index in [1.807, 2.05) is 54.6 Å². The quantitative estimate of drug-likeness (QED) is 0.689. The maximum absolute atomic E-state index is 13.2. The number of benzene rings is 2. The van der Waals surface area contributed by atoms with Crippen LogP contribution in [0.5, 0.6) is 0 Å². The van der Waals surface area contributed by atoms with Crippen molar-refractivity contribution in [3.05, 3.63) is 76.4 Å². The Hall–Kier alpha value is -2.59. The highest BCUT2D eigenvalue weighted by Crippen LogP contribution is 2.34. The second kappa shape index (κ2) is 8.83. The number of nitrogens with zero attached hydrogens (tertiary/aromatic N) is 1. The standard InChI is InChI=1S/C24H27ClN2O2/c1-4-24(5-2,19-10-12-20(25)13-11-19)26-23(29)16-22-21-9-7-6-8-18(21)14-15-27(22)17(3)28/h6-15,22H,4-5,16H2,1-3H3,(H,26,29). The van der Waals surface area contributed by atoms with E-state index in [-0.39, 0.29) is 24.3 Å². The number of halogens is 1. The van der Waals surface area contributed by atoms with Crippen LogP contribution in [0.4, 0.5) is 0 Å². The maximum atomic E-state index is 13.2. The van der Waals surface area contributed by atoms with Crippen LogP contribution in [-0.4, -0.2) is 16.7 Å². The average Bonchev–Trinajstić information content (AvgIpc) is 2.72. The molecule has 1 N–H and O–H groups in total. The van der Waals surface area contributed by atoms with Crippen molar-refractivity contribution in [2.75, 3.05) is 0 Å². The fourth-order valence-electron chi connectivity index (χ4n) is 4.08. The third kappa shape index (κ3) is 4.38. The van der Waals surface area contributed by atoms with E-state index in [2.05, 4.69) is 19.2 Å². The summed E-state index contributed by atoms with van der Waals surface area (Å²) in [6.07, 6.45) is 5.41. The largest absolute Gasteiger partial charge is 0.347 e. The molecule has 3 rings (SSSR count). The van der Waals surface area contributed by atoms with Crippen LogP contribution in [0, 0.1) is 0 Å². The van der Waals surface area contributed by atoms with Gasteiger partial charge >= 0.3 is 0 Å². The SMILES string of the molecule is CCC(CC)(NC(=O)CC1c2ccccc2C=CN1C(C)=O)c1ccc(Cl)cc1. The molecule has 0 saturated heterocycles. The molecule has 1 heterocycles. The molecule has 152 valence electrons. The van der Waals surface area contributed by atoms with Gasteiger partial charge in [0.05, 0.1) is 18.0 Å². The van der Waals surface area contributed by atoms with E-state index in [9.17, 15) is 9.59 Å². The fraction of sp³-hybridized carbons (Fsp3) is 0.333. The summed E-state index contributed by atoms with van der Waals surface area (Å²) in [4.78, 5) is 27.0. The van der Waals surface area contributed by atoms with Crippen LogP contribution in [0.15, 0.2) is 54.7 Å². The third-order valence-corrected chi connectivity index (χ3v) is 6.08. The summed E-state index contributed by atoms with van der Waals surface area (Å²) in [5, 5.41) is 3.93. The van der Waals surface area contributed by atoms with Crippen molar-refractivity contribution >= 4 is 29.5 Å². The van der Waals surface area contributed by atoms with E-state index in [0.717, 1.165) is 29.5 Å². The van der Waals surface area contributed by atoms with Crippen LogP contribution in [0.25, 0.3) is 6.08 Å². The highest BCUT2D eigenvalue weighted by molar-refractivity contribution is 6.30. The molecule has 1 unspecified atom stereocenters. The Labute approximate surface area is 177 Å². The lowest BCUT2D eigenvalue weighted by molar-refractivity contribution is -0.130. The van der Waals surface area contributed by atoms with Crippen molar-refractivity contribution in [2.24, 2.45) is 0 Å². The number of fused-ring (bicyclic) bond motifs is 1. The molecule has 0 bridgehead atoms. The third-order valence-electron chi connectivity index (χ3n) is 5.83. The Morgan fingerprint density at radius 2 is 1.72 bits per heavy atom. The molecular formula is C24H27ClN2O2. The summed E-state index contributed by atoms with van der Waals surface area (Å²) >= 11 is 6.05. The Kier molecular flexibility index (Phi) is 6.43. The van der Waals surface area contributed by atoms with Gasteiger partial charge in [0.15, 0.2) is 0 Å². The number of hydrogen-bond acceptors (Lipinski definition) is 2. The zero-order chi connectivity index (χ0) is 21.0. The second-order valence-electron chi connectivity index (χ2n) is 7.44. The van der Waals surface area contributed by atoms with E-state index < -0.39 is 5.54 Å². The van der Waals surface area contributed by atoms with Crippen LogP contribution >= 0.6 is 11.6 Å². The van der Waals surface area contributed by atoms with Crippen molar-refractivity contribution in [1.82, 2.24) is 10.2 Å². The fourth-order valence-corrected chi connectivity index (χ4v) is 4.21. The van der Waals surface area contributed by atoms with Gasteiger partial charge in [-0.1, -0.05) is 61.8 Å². The molecule has 0 radical (unpaired) electrons. The van der Waals surface area contributed by atoms with Gasteiger partial charge in [0.1, 0.15) is 0 Å². The molecule has 1 aliphatic rings.